The van der Waals surface area contributed by atoms with Gasteiger partial charge in [0.1, 0.15) is 11.6 Å². The van der Waals surface area contributed by atoms with Crippen molar-refractivity contribution in [2.75, 3.05) is 4.90 Å². The molecule has 2 heterocycles. The van der Waals surface area contributed by atoms with Gasteiger partial charge in [0.25, 0.3) is 5.91 Å². The van der Waals surface area contributed by atoms with E-state index in [2.05, 4.69) is 10.6 Å². The van der Waals surface area contributed by atoms with Crippen molar-refractivity contribution in [3.05, 3.63) is 41.5 Å². The van der Waals surface area contributed by atoms with E-state index in [1.807, 2.05) is 12.1 Å². The molecule has 2 N–H and O–H groups in total. The maximum atomic E-state index is 13.2. The number of carbonyl (C=O) groups excluding carboxylic acids is 5. The van der Waals surface area contributed by atoms with Gasteiger partial charge in [-0.3, -0.25) is 34.2 Å². The fourth-order valence-electron chi connectivity index (χ4n) is 4.35. The Kier molecular flexibility index (Phi) is 6.12. The van der Waals surface area contributed by atoms with Gasteiger partial charge in [-0.1, -0.05) is 18.2 Å². The molecule has 34 heavy (non-hydrogen) atoms. The van der Waals surface area contributed by atoms with Crippen LogP contribution in [0.4, 0.5) is 5.69 Å². The van der Waals surface area contributed by atoms with Crippen LogP contribution in [0, 0.1) is 0 Å². The van der Waals surface area contributed by atoms with Crippen LogP contribution in [-0.2, 0) is 30.5 Å². The molecule has 2 aromatic rings. The normalized spacial score (nSPS) is 17.7. The zero-order chi connectivity index (χ0) is 24.6. The number of hydrogen-bond donors (Lipinski definition) is 2. The third-order valence-electron chi connectivity index (χ3n) is 5.79. The van der Waals surface area contributed by atoms with E-state index in [0.29, 0.717) is 11.3 Å². The molecule has 1 unspecified atom stereocenters. The zero-order valence-electron chi connectivity index (χ0n) is 19.4. The van der Waals surface area contributed by atoms with Crippen LogP contribution in [0.1, 0.15) is 62.4 Å². The third kappa shape index (κ3) is 4.64. The molecule has 2 aliphatic rings. The third-order valence-corrected chi connectivity index (χ3v) is 5.79. The van der Waals surface area contributed by atoms with Crippen molar-refractivity contribution in [2.24, 2.45) is 0 Å². The van der Waals surface area contributed by atoms with Gasteiger partial charge >= 0.3 is 5.97 Å². The first-order valence-electron chi connectivity index (χ1n) is 11.3. The number of esters is 1. The molecule has 1 fully saturated rings. The summed E-state index contributed by atoms with van der Waals surface area (Å²) in [6.07, 6.45) is 0.439. The molecule has 1 saturated heterocycles. The first kappa shape index (κ1) is 23.4. The topological polar surface area (TPSA) is 122 Å². The lowest BCUT2D eigenvalue weighted by Gasteiger charge is -2.30. The van der Waals surface area contributed by atoms with E-state index < -0.39 is 23.5 Å². The Morgan fingerprint density at radius 2 is 1.88 bits per heavy atom. The molecule has 0 saturated carbocycles. The highest BCUT2D eigenvalue weighted by atomic mass is 16.6. The summed E-state index contributed by atoms with van der Waals surface area (Å²) in [6, 6.07) is 8.17. The number of amides is 4. The maximum Gasteiger partial charge on any atom is 0.306 e. The fourth-order valence-corrected chi connectivity index (χ4v) is 4.35. The Morgan fingerprint density at radius 1 is 1.12 bits per heavy atom. The molecule has 2 aromatic carbocycles. The van der Waals surface area contributed by atoms with Gasteiger partial charge in [-0.05, 0) is 50.3 Å². The number of imide groups is 1. The SMILES string of the molecule is CC(C)(C)OC(=O)CCC(=O)NCc1ccc2c3c(cccc13)C(=O)N2C1CCC(=O)NC1=O. The number of nitrogens with zero attached hydrogens (tertiary/aromatic N) is 1. The van der Waals surface area contributed by atoms with Crippen molar-refractivity contribution < 1.29 is 28.7 Å². The van der Waals surface area contributed by atoms with E-state index in [1.54, 1.807) is 39.0 Å². The first-order valence-corrected chi connectivity index (χ1v) is 11.3. The van der Waals surface area contributed by atoms with E-state index in [1.165, 1.54) is 4.90 Å². The monoisotopic (exact) mass is 465 g/mol. The Labute approximate surface area is 196 Å². The van der Waals surface area contributed by atoms with Crippen LogP contribution < -0.4 is 15.5 Å². The Bertz CT molecular complexity index is 1210. The van der Waals surface area contributed by atoms with Crippen LogP contribution in [0.15, 0.2) is 30.3 Å². The highest BCUT2D eigenvalue weighted by molar-refractivity contribution is 6.27. The lowest BCUT2D eigenvalue weighted by atomic mass is 10.00. The average molecular weight is 466 g/mol. The molecule has 0 spiro atoms. The summed E-state index contributed by atoms with van der Waals surface area (Å²) in [5, 5.41) is 6.65. The van der Waals surface area contributed by atoms with Crippen molar-refractivity contribution in [1.82, 2.24) is 10.6 Å². The number of benzene rings is 2. The first-order chi connectivity index (χ1) is 16.0. The van der Waals surface area contributed by atoms with E-state index in [9.17, 15) is 24.0 Å². The second-order valence-corrected chi connectivity index (χ2v) is 9.48. The molecule has 0 aliphatic carbocycles. The average Bonchev–Trinajstić information content (AvgIpc) is 3.04. The number of anilines is 1. The predicted molar refractivity (Wildman–Crippen MR) is 124 cm³/mol. The number of hydrogen-bond acceptors (Lipinski definition) is 6. The summed E-state index contributed by atoms with van der Waals surface area (Å²) in [5.74, 6) is -1.82. The van der Waals surface area contributed by atoms with Crippen LogP contribution in [-0.4, -0.2) is 41.2 Å². The number of rotatable bonds is 6. The van der Waals surface area contributed by atoms with Gasteiger partial charge in [-0.15, -0.1) is 0 Å². The second-order valence-electron chi connectivity index (χ2n) is 9.48. The Morgan fingerprint density at radius 3 is 2.59 bits per heavy atom. The van der Waals surface area contributed by atoms with Crippen molar-refractivity contribution in [2.45, 2.75) is 64.6 Å². The molecule has 178 valence electrons. The van der Waals surface area contributed by atoms with E-state index in [4.69, 9.17) is 4.74 Å². The maximum absolute atomic E-state index is 13.2. The van der Waals surface area contributed by atoms with Crippen molar-refractivity contribution >= 4 is 46.1 Å². The van der Waals surface area contributed by atoms with Crippen LogP contribution in [0.3, 0.4) is 0 Å². The van der Waals surface area contributed by atoms with Gasteiger partial charge < -0.3 is 10.1 Å². The molecule has 2 aliphatic heterocycles. The smallest absolute Gasteiger partial charge is 0.306 e. The van der Waals surface area contributed by atoms with Crippen molar-refractivity contribution in [1.29, 1.82) is 0 Å². The minimum absolute atomic E-state index is 0.0116. The van der Waals surface area contributed by atoms with Crippen LogP contribution in [0.5, 0.6) is 0 Å². The lowest BCUT2D eigenvalue weighted by Crippen LogP contribution is -2.53. The summed E-state index contributed by atoms with van der Waals surface area (Å²) in [5.41, 5.74) is 1.31. The Hall–Kier alpha value is -3.75. The van der Waals surface area contributed by atoms with Gasteiger partial charge in [0.05, 0.1) is 12.1 Å². The van der Waals surface area contributed by atoms with Gasteiger partial charge in [0.2, 0.25) is 17.7 Å². The molecule has 9 heteroatoms. The van der Waals surface area contributed by atoms with Crippen LogP contribution >= 0.6 is 0 Å². The predicted octanol–water partition coefficient (Wildman–Crippen LogP) is 2.34. The molecule has 0 radical (unpaired) electrons. The van der Waals surface area contributed by atoms with Crippen LogP contribution in [0.25, 0.3) is 10.8 Å². The molecular formula is C25H27N3O6. The second kappa shape index (κ2) is 8.89. The molecule has 9 nitrogen and oxygen atoms in total. The highest BCUT2D eigenvalue weighted by Crippen LogP contribution is 2.41. The summed E-state index contributed by atoms with van der Waals surface area (Å²) in [7, 11) is 0. The summed E-state index contributed by atoms with van der Waals surface area (Å²) in [4.78, 5) is 62.7. The number of nitrogens with one attached hydrogen (secondary N) is 2. The molecule has 4 amide bonds. The quantitative estimate of drug-likeness (QED) is 0.499. The van der Waals surface area contributed by atoms with E-state index in [-0.39, 0.29) is 49.9 Å². The number of piperidine rings is 1. The minimum Gasteiger partial charge on any atom is -0.460 e. The number of carbonyl (C=O) groups is 5. The van der Waals surface area contributed by atoms with Gasteiger partial charge in [-0.25, -0.2) is 0 Å². The highest BCUT2D eigenvalue weighted by Gasteiger charge is 2.40. The van der Waals surface area contributed by atoms with E-state index >= 15 is 0 Å². The molecular weight excluding hydrogens is 438 g/mol. The molecule has 0 aromatic heterocycles. The van der Waals surface area contributed by atoms with Crippen LogP contribution in [0.2, 0.25) is 0 Å². The molecule has 4 rings (SSSR count). The molecule has 0 bridgehead atoms. The minimum atomic E-state index is -0.751. The fraction of sp³-hybridized carbons (Fsp3) is 0.400. The lowest BCUT2D eigenvalue weighted by molar-refractivity contribution is -0.155. The van der Waals surface area contributed by atoms with Gasteiger partial charge in [0.15, 0.2) is 0 Å². The van der Waals surface area contributed by atoms with Crippen molar-refractivity contribution in [3.63, 3.8) is 0 Å². The van der Waals surface area contributed by atoms with Gasteiger partial charge in [0, 0.05) is 30.3 Å². The summed E-state index contributed by atoms with van der Waals surface area (Å²) < 4.78 is 5.22. The largest absolute Gasteiger partial charge is 0.460 e. The standard InChI is InChI=1S/C25H27N3O6/c1-25(2,3)34-21(31)12-11-19(29)26-13-14-7-8-17-22-15(14)5-4-6-16(22)24(33)28(17)18-9-10-20(30)27-23(18)32/h4-8,18H,9-13H2,1-3H3,(H,26,29)(H,27,30,32). The summed E-state index contributed by atoms with van der Waals surface area (Å²) in [6.45, 7) is 5.53. The zero-order valence-corrected chi connectivity index (χ0v) is 19.4. The van der Waals surface area contributed by atoms with E-state index in [0.717, 1.165) is 16.3 Å². The van der Waals surface area contributed by atoms with Gasteiger partial charge in [-0.2, -0.15) is 0 Å². The van der Waals surface area contributed by atoms with Crippen molar-refractivity contribution in [3.8, 4) is 0 Å². The molecule has 1 atom stereocenters. The summed E-state index contributed by atoms with van der Waals surface area (Å²) >= 11 is 0. The number of ether oxygens (including phenoxy) is 1. The Balaban J connectivity index is 1.50.